The van der Waals surface area contributed by atoms with E-state index in [-0.39, 0.29) is 21.4 Å². The van der Waals surface area contributed by atoms with E-state index in [0.717, 1.165) is 6.07 Å². The maximum atomic E-state index is 13.1. The molecule has 0 spiro atoms. The summed E-state index contributed by atoms with van der Waals surface area (Å²) in [6.45, 7) is 0. The van der Waals surface area contributed by atoms with E-state index in [1.54, 1.807) is 6.07 Å². The first kappa shape index (κ1) is 16.4. The van der Waals surface area contributed by atoms with Crippen molar-refractivity contribution in [1.82, 2.24) is 0 Å². The topological polar surface area (TPSA) is 64.6 Å². The zero-order valence-corrected chi connectivity index (χ0v) is 13.3. The van der Waals surface area contributed by atoms with Crippen LogP contribution in [0.1, 0.15) is 0 Å². The van der Waals surface area contributed by atoms with E-state index in [4.69, 9.17) is 21.1 Å². The van der Waals surface area contributed by atoms with Crippen molar-refractivity contribution in [2.45, 2.75) is 4.90 Å². The third-order valence-electron chi connectivity index (χ3n) is 2.83. The molecule has 0 saturated heterocycles. The molecule has 8 heteroatoms. The smallest absolute Gasteiger partial charge is 0.265 e. The average molecular weight is 346 g/mol. The summed E-state index contributed by atoms with van der Waals surface area (Å²) >= 11 is 5.64. The Bertz CT molecular complexity index is 795. The van der Waals surface area contributed by atoms with E-state index >= 15 is 0 Å². The van der Waals surface area contributed by atoms with Crippen LogP contribution in [0.15, 0.2) is 41.3 Å². The fourth-order valence-corrected chi connectivity index (χ4v) is 3.18. The van der Waals surface area contributed by atoms with Crippen LogP contribution in [0.5, 0.6) is 11.5 Å². The maximum Gasteiger partial charge on any atom is 0.265 e. The fraction of sp³-hybridized carbons (Fsp3) is 0.143. The molecule has 0 aliphatic carbocycles. The first-order valence-corrected chi connectivity index (χ1v) is 7.93. The molecule has 0 unspecified atom stereocenters. The second-order valence-electron chi connectivity index (χ2n) is 4.25. The van der Waals surface area contributed by atoms with Gasteiger partial charge in [0.2, 0.25) is 0 Å². The summed E-state index contributed by atoms with van der Waals surface area (Å²) in [5, 5.41) is -0.183. The van der Waals surface area contributed by atoms with Crippen molar-refractivity contribution >= 4 is 27.3 Å². The number of ether oxygens (including phenoxy) is 2. The minimum atomic E-state index is -3.95. The first-order valence-electron chi connectivity index (χ1n) is 6.07. The number of halogens is 2. The minimum absolute atomic E-state index is 0.102. The molecule has 0 heterocycles. The van der Waals surface area contributed by atoms with Crippen LogP contribution in [-0.4, -0.2) is 22.6 Å². The van der Waals surface area contributed by atoms with Gasteiger partial charge in [-0.15, -0.1) is 0 Å². The Morgan fingerprint density at radius 1 is 1.09 bits per heavy atom. The summed E-state index contributed by atoms with van der Waals surface area (Å²) in [5.74, 6) is -0.122. The molecular formula is C14H13ClFNO4S. The third-order valence-corrected chi connectivity index (χ3v) is 4.52. The van der Waals surface area contributed by atoms with E-state index in [0.29, 0.717) is 5.75 Å². The number of sulfonamides is 1. The van der Waals surface area contributed by atoms with Gasteiger partial charge in [0, 0.05) is 6.07 Å². The molecule has 0 aliphatic rings. The van der Waals surface area contributed by atoms with Gasteiger partial charge in [-0.2, -0.15) is 0 Å². The molecule has 0 aromatic heterocycles. The zero-order valence-electron chi connectivity index (χ0n) is 11.8. The molecular weight excluding hydrogens is 333 g/mol. The highest BCUT2D eigenvalue weighted by molar-refractivity contribution is 7.92. The molecule has 0 atom stereocenters. The molecule has 2 rings (SSSR count). The third kappa shape index (κ3) is 3.42. The number of methoxy groups -OCH3 is 2. The molecule has 0 bridgehead atoms. The van der Waals surface area contributed by atoms with Crippen molar-refractivity contribution in [3.63, 3.8) is 0 Å². The molecule has 5 nitrogen and oxygen atoms in total. The Balaban J connectivity index is 2.43. The van der Waals surface area contributed by atoms with Gasteiger partial charge in [0.25, 0.3) is 10.0 Å². The van der Waals surface area contributed by atoms with E-state index in [9.17, 15) is 12.8 Å². The molecule has 0 saturated carbocycles. The standard InChI is InChI=1S/C14H13ClFNO4S/c1-20-10-4-6-13(21-2)14(8-10)22(18,19)17-9-3-5-12(16)11(15)7-9/h3-8,17H,1-2H3. The summed E-state index contributed by atoms with van der Waals surface area (Å²) in [4.78, 5) is -0.102. The van der Waals surface area contributed by atoms with Crippen LogP contribution in [0.25, 0.3) is 0 Å². The number of anilines is 1. The van der Waals surface area contributed by atoms with Crippen LogP contribution in [0.2, 0.25) is 5.02 Å². The largest absolute Gasteiger partial charge is 0.497 e. The summed E-state index contributed by atoms with van der Waals surface area (Å²) in [6, 6.07) is 7.90. The Labute approximate surface area is 132 Å². The van der Waals surface area contributed by atoms with Crippen LogP contribution in [0, 0.1) is 5.82 Å². The molecule has 1 N–H and O–H groups in total. The van der Waals surface area contributed by atoms with Crippen molar-refractivity contribution in [2.75, 3.05) is 18.9 Å². The lowest BCUT2D eigenvalue weighted by Crippen LogP contribution is -2.14. The van der Waals surface area contributed by atoms with Gasteiger partial charge in [-0.05, 0) is 30.3 Å². The van der Waals surface area contributed by atoms with Gasteiger partial charge in [-0.1, -0.05) is 11.6 Å². The van der Waals surface area contributed by atoms with Gasteiger partial charge in [0.05, 0.1) is 24.9 Å². The second kappa shape index (κ2) is 6.41. The van der Waals surface area contributed by atoms with Gasteiger partial charge in [0.15, 0.2) is 0 Å². The van der Waals surface area contributed by atoms with E-state index in [1.165, 1.54) is 38.5 Å². The van der Waals surface area contributed by atoms with Gasteiger partial charge in [0.1, 0.15) is 22.2 Å². The Hall–Kier alpha value is -1.99. The summed E-state index contributed by atoms with van der Waals surface area (Å²) in [5.41, 5.74) is 0.135. The predicted molar refractivity (Wildman–Crippen MR) is 81.8 cm³/mol. The number of hydrogen-bond donors (Lipinski definition) is 1. The summed E-state index contributed by atoms with van der Waals surface area (Å²) < 4.78 is 50.4. The minimum Gasteiger partial charge on any atom is -0.497 e. The zero-order chi connectivity index (χ0) is 16.3. The van der Waals surface area contributed by atoms with E-state index < -0.39 is 15.8 Å². The van der Waals surface area contributed by atoms with Crippen LogP contribution in [-0.2, 0) is 10.0 Å². The van der Waals surface area contributed by atoms with Crippen molar-refractivity contribution in [3.8, 4) is 11.5 Å². The number of hydrogen-bond acceptors (Lipinski definition) is 4. The SMILES string of the molecule is COc1ccc(OC)c(S(=O)(=O)Nc2ccc(F)c(Cl)c2)c1. The highest BCUT2D eigenvalue weighted by Gasteiger charge is 2.21. The van der Waals surface area contributed by atoms with Gasteiger partial charge >= 0.3 is 0 Å². The van der Waals surface area contributed by atoms with E-state index in [1.807, 2.05) is 0 Å². The van der Waals surface area contributed by atoms with E-state index in [2.05, 4.69) is 4.72 Å². The molecule has 22 heavy (non-hydrogen) atoms. The Morgan fingerprint density at radius 3 is 2.41 bits per heavy atom. The lowest BCUT2D eigenvalue weighted by molar-refractivity contribution is 0.392. The second-order valence-corrected chi connectivity index (χ2v) is 6.31. The molecule has 0 radical (unpaired) electrons. The molecule has 2 aromatic rings. The molecule has 0 amide bonds. The fourth-order valence-electron chi connectivity index (χ4n) is 1.76. The van der Waals surface area contributed by atoms with Crippen LogP contribution in [0.3, 0.4) is 0 Å². The normalized spacial score (nSPS) is 11.1. The number of rotatable bonds is 5. The van der Waals surface area contributed by atoms with Gasteiger partial charge in [-0.25, -0.2) is 12.8 Å². The van der Waals surface area contributed by atoms with Crippen molar-refractivity contribution in [2.24, 2.45) is 0 Å². The molecule has 0 aliphatic heterocycles. The summed E-state index contributed by atoms with van der Waals surface area (Å²) in [6.07, 6.45) is 0. The molecule has 2 aromatic carbocycles. The summed E-state index contributed by atoms with van der Waals surface area (Å²) in [7, 11) is -1.18. The molecule has 118 valence electrons. The lowest BCUT2D eigenvalue weighted by atomic mass is 10.3. The molecule has 0 fully saturated rings. The van der Waals surface area contributed by atoms with Crippen LogP contribution >= 0.6 is 11.6 Å². The highest BCUT2D eigenvalue weighted by Crippen LogP contribution is 2.30. The number of nitrogens with one attached hydrogen (secondary N) is 1. The van der Waals surface area contributed by atoms with Crippen LogP contribution in [0.4, 0.5) is 10.1 Å². The van der Waals surface area contributed by atoms with Crippen molar-refractivity contribution in [1.29, 1.82) is 0 Å². The van der Waals surface area contributed by atoms with Gasteiger partial charge in [-0.3, -0.25) is 4.72 Å². The van der Waals surface area contributed by atoms with Gasteiger partial charge < -0.3 is 9.47 Å². The van der Waals surface area contributed by atoms with Crippen molar-refractivity contribution in [3.05, 3.63) is 47.2 Å². The lowest BCUT2D eigenvalue weighted by Gasteiger charge is -2.13. The number of benzene rings is 2. The maximum absolute atomic E-state index is 13.1. The quantitative estimate of drug-likeness (QED) is 0.903. The predicted octanol–water partition coefficient (Wildman–Crippen LogP) is 3.30. The Morgan fingerprint density at radius 2 is 1.82 bits per heavy atom. The van der Waals surface area contributed by atoms with Crippen molar-refractivity contribution < 1.29 is 22.3 Å². The first-order chi connectivity index (χ1) is 10.4. The highest BCUT2D eigenvalue weighted by atomic mass is 35.5. The average Bonchev–Trinajstić information content (AvgIpc) is 2.50. The van der Waals surface area contributed by atoms with Crippen LogP contribution < -0.4 is 14.2 Å². The monoisotopic (exact) mass is 345 g/mol. The Kier molecular flexibility index (Phi) is 4.77.